The molecule has 128 valence electrons. The van der Waals surface area contributed by atoms with E-state index in [0.29, 0.717) is 11.8 Å². The highest BCUT2D eigenvalue weighted by molar-refractivity contribution is 5.22. The molecule has 0 aromatic heterocycles. The van der Waals surface area contributed by atoms with Gasteiger partial charge in [-0.2, -0.15) is 0 Å². The Labute approximate surface area is 139 Å². The van der Waals surface area contributed by atoms with E-state index in [-0.39, 0.29) is 5.82 Å². The van der Waals surface area contributed by atoms with E-state index in [0.717, 1.165) is 39.4 Å². The van der Waals surface area contributed by atoms with Crippen LogP contribution < -0.4 is 0 Å². The highest BCUT2D eigenvalue weighted by atomic mass is 19.1. The van der Waals surface area contributed by atoms with E-state index < -0.39 is 0 Å². The first-order valence-electron chi connectivity index (χ1n) is 8.96. The molecule has 3 nitrogen and oxygen atoms in total. The number of rotatable bonds is 5. The van der Waals surface area contributed by atoms with Gasteiger partial charge < -0.3 is 9.64 Å². The summed E-state index contributed by atoms with van der Waals surface area (Å²) in [5, 5.41) is 0. The maximum absolute atomic E-state index is 13.2. The van der Waals surface area contributed by atoms with Crippen LogP contribution in [0.4, 0.5) is 4.39 Å². The van der Waals surface area contributed by atoms with Gasteiger partial charge in [-0.15, -0.1) is 0 Å². The number of piperidine rings is 1. The van der Waals surface area contributed by atoms with Crippen molar-refractivity contribution in [2.75, 3.05) is 53.0 Å². The number of hydrogen-bond acceptors (Lipinski definition) is 3. The van der Waals surface area contributed by atoms with Gasteiger partial charge in [-0.25, -0.2) is 4.39 Å². The van der Waals surface area contributed by atoms with Crippen molar-refractivity contribution in [3.63, 3.8) is 0 Å². The van der Waals surface area contributed by atoms with Crippen molar-refractivity contribution >= 4 is 0 Å². The van der Waals surface area contributed by atoms with E-state index >= 15 is 0 Å². The van der Waals surface area contributed by atoms with Crippen LogP contribution in [0.2, 0.25) is 0 Å². The highest BCUT2D eigenvalue weighted by Gasteiger charge is 2.28. The number of morpholine rings is 1. The van der Waals surface area contributed by atoms with Gasteiger partial charge in [0.25, 0.3) is 0 Å². The number of benzene rings is 1. The van der Waals surface area contributed by atoms with Crippen LogP contribution in [0.3, 0.4) is 0 Å². The summed E-state index contributed by atoms with van der Waals surface area (Å²) in [6.07, 6.45) is 3.68. The second kappa shape index (κ2) is 8.22. The molecule has 2 aliphatic rings. The quantitative estimate of drug-likeness (QED) is 0.829. The van der Waals surface area contributed by atoms with E-state index in [4.69, 9.17) is 4.74 Å². The monoisotopic (exact) mass is 320 g/mol. The second-order valence-electron chi connectivity index (χ2n) is 7.07. The Hall–Kier alpha value is -0.970. The molecule has 3 rings (SSSR count). The largest absolute Gasteiger partial charge is 0.379 e. The Morgan fingerprint density at radius 1 is 1.13 bits per heavy atom. The smallest absolute Gasteiger partial charge is 0.123 e. The van der Waals surface area contributed by atoms with Gasteiger partial charge >= 0.3 is 0 Å². The van der Waals surface area contributed by atoms with Crippen LogP contribution >= 0.6 is 0 Å². The van der Waals surface area contributed by atoms with Gasteiger partial charge in [0.2, 0.25) is 0 Å². The number of nitrogens with zero attached hydrogens (tertiary/aromatic N) is 2. The average molecular weight is 320 g/mol. The number of halogens is 1. The van der Waals surface area contributed by atoms with Crippen LogP contribution in [0, 0.1) is 11.7 Å². The molecule has 0 bridgehead atoms. The fourth-order valence-corrected chi connectivity index (χ4v) is 4.06. The Kier molecular flexibility index (Phi) is 6.03. The third kappa shape index (κ3) is 4.75. The van der Waals surface area contributed by atoms with Crippen molar-refractivity contribution in [2.24, 2.45) is 5.92 Å². The standard InChI is InChI=1S/C19H29FN2O/c1-21-10-8-19(16-4-6-18(20)7-5-16)17(15-21)3-2-9-22-11-13-23-14-12-22/h4-7,17,19H,2-3,8-15H2,1H3. The molecule has 0 saturated carbocycles. The lowest BCUT2D eigenvalue weighted by atomic mass is 9.78. The summed E-state index contributed by atoms with van der Waals surface area (Å²) in [6, 6.07) is 7.19. The molecular weight excluding hydrogens is 291 g/mol. The maximum atomic E-state index is 13.2. The van der Waals surface area contributed by atoms with Gasteiger partial charge in [0, 0.05) is 19.6 Å². The van der Waals surface area contributed by atoms with Crippen molar-refractivity contribution in [1.29, 1.82) is 0 Å². The summed E-state index contributed by atoms with van der Waals surface area (Å²) >= 11 is 0. The molecule has 1 aromatic carbocycles. The first kappa shape index (κ1) is 16.9. The molecule has 0 amide bonds. The zero-order chi connectivity index (χ0) is 16.1. The van der Waals surface area contributed by atoms with Crippen molar-refractivity contribution in [1.82, 2.24) is 9.80 Å². The Bertz CT molecular complexity index is 473. The molecular formula is C19H29FN2O. The van der Waals surface area contributed by atoms with E-state index in [2.05, 4.69) is 16.8 Å². The van der Waals surface area contributed by atoms with E-state index in [1.54, 1.807) is 12.1 Å². The van der Waals surface area contributed by atoms with Gasteiger partial charge in [0.05, 0.1) is 13.2 Å². The zero-order valence-electron chi connectivity index (χ0n) is 14.2. The van der Waals surface area contributed by atoms with E-state index in [9.17, 15) is 4.39 Å². The molecule has 0 spiro atoms. The second-order valence-corrected chi connectivity index (χ2v) is 7.07. The molecule has 0 N–H and O–H groups in total. The molecule has 2 aliphatic heterocycles. The summed E-state index contributed by atoms with van der Waals surface area (Å²) in [6.45, 7) is 7.39. The summed E-state index contributed by atoms with van der Waals surface area (Å²) in [5.41, 5.74) is 1.32. The lowest BCUT2D eigenvalue weighted by molar-refractivity contribution is 0.0359. The molecule has 1 aromatic rings. The van der Waals surface area contributed by atoms with Crippen molar-refractivity contribution in [3.05, 3.63) is 35.6 Å². The molecule has 2 fully saturated rings. The molecule has 0 aliphatic carbocycles. The number of hydrogen-bond donors (Lipinski definition) is 0. The van der Waals surface area contributed by atoms with Crippen LogP contribution in [0.25, 0.3) is 0 Å². The summed E-state index contributed by atoms with van der Waals surface area (Å²) in [5.74, 6) is 1.13. The van der Waals surface area contributed by atoms with Gasteiger partial charge in [-0.1, -0.05) is 12.1 Å². The minimum Gasteiger partial charge on any atom is -0.379 e. The SMILES string of the molecule is CN1CCC(c2ccc(F)cc2)C(CCCN2CCOCC2)C1. The molecule has 23 heavy (non-hydrogen) atoms. The molecule has 2 saturated heterocycles. The van der Waals surface area contributed by atoms with Gasteiger partial charge in [-0.3, -0.25) is 4.90 Å². The normalized spacial score (nSPS) is 27.2. The number of ether oxygens (including phenoxy) is 1. The minimum absolute atomic E-state index is 0.134. The van der Waals surface area contributed by atoms with Crippen LogP contribution in [-0.2, 0) is 4.74 Å². The summed E-state index contributed by atoms with van der Waals surface area (Å²) < 4.78 is 18.6. The van der Waals surface area contributed by atoms with Crippen molar-refractivity contribution in [3.8, 4) is 0 Å². The molecule has 0 radical (unpaired) electrons. The fourth-order valence-electron chi connectivity index (χ4n) is 4.06. The highest BCUT2D eigenvalue weighted by Crippen LogP contribution is 2.35. The van der Waals surface area contributed by atoms with Gasteiger partial charge in [0.15, 0.2) is 0 Å². The first-order valence-corrected chi connectivity index (χ1v) is 8.96. The van der Waals surface area contributed by atoms with Crippen LogP contribution in [0.1, 0.15) is 30.7 Å². The van der Waals surface area contributed by atoms with Crippen molar-refractivity contribution in [2.45, 2.75) is 25.2 Å². The van der Waals surface area contributed by atoms with E-state index in [1.165, 1.54) is 31.4 Å². The van der Waals surface area contributed by atoms with Crippen LogP contribution in [0.15, 0.2) is 24.3 Å². The Balaban J connectivity index is 1.55. The van der Waals surface area contributed by atoms with Crippen molar-refractivity contribution < 1.29 is 9.13 Å². The third-order valence-corrected chi connectivity index (χ3v) is 5.39. The Morgan fingerprint density at radius 2 is 1.87 bits per heavy atom. The topological polar surface area (TPSA) is 15.7 Å². The predicted molar refractivity (Wildman–Crippen MR) is 91.2 cm³/mol. The van der Waals surface area contributed by atoms with E-state index in [1.807, 2.05) is 12.1 Å². The lowest BCUT2D eigenvalue weighted by Gasteiger charge is -2.37. The number of likely N-dealkylation sites (tertiary alicyclic amines) is 1. The molecule has 2 heterocycles. The van der Waals surface area contributed by atoms with Crippen LogP contribution in [-0.4, -0.2) is 62.8 Å². The molecule has 2 unspecified atom stereocenters. The average Bonchev–Trinajstić information content (AvgIpc) is 2.57. The zero-order valence-corrected chi connectivity index (χ0v) is 14.2. The predicted octanol–water partition coefficient (Wildman–Crippen LogP) is 2.97. The molecule has 2 atom stereocenters. The third-order valence-electron chi connectivity index (χ3n) is 5.39. The fraction of sp³-hybridized carbons (Fsp3) is 0.684. The van der Waals surface area contributed by atoms with Gasteiger partial charge in [-0.05, 0) is 68.9 Å². The maximum Gasteiger partial charge on any atom is 0.123 e. The first-order chi connectivity index (χ1) is 11.2. The summed E-state index contributed by atoms with van der Waals surface area (Å²) in [7, 11) is 2.22. The molecule has 4 heteroatoms. The van der Waals surface area contributed by atoms with Gasteiger partial charge in [0.1, 0.15) is 5.82 Å². The minimum atomic E-state index is -0.134. The lowest BCUT2D eigenvalue weighted by Crippen LogP contribution is -2.39. The summed E-state index contributed by atoms with van der Waals surface area (Å²) in [4.78, 5) is 4.96. The Morgan fingerprint density at radius 3 is 2.61 bits per heavy atom. The van der Waals surface area contributed by atoms with Crippen LogP contribution in [0.5, 0.6) is 0 Å².